The van der Waals surface area contributed by atoms with Crippen LogP contribution in [0, 0.1) is 0 Å². The van der Waals surface area contributed by atoms with E-state index in [1.807, 2.05) is 48.5 Å². The van der Waals surface area contributed by atoms with Gasteiger partial charge in [-0.1, -0.05) is 48.5 Å². The number of hydrogen-bond acceptors (Lipinski definition) is 3. The molecule has 0 saturated heterocycles. The van der Waals surface area contributed by atoms with Gasteiger partial charge in [0.15, 0.2) is 6.23 Å². The summed E-state index contributed by atoms with van der Waals surface area (Å²) in [6, 6.07) is 17.5. The minimum Gasteiger partial charge on any atom is -0.439 e. The second kappa shape index (κ2) is 4.63. The van der Waals surface area contributed by atoms with Gasteiger partial charge in [-0.15, -0.1) is 0 Å². The first kappa shape index (κ1) is 11.0. The van der Waals surface area contributed by atoms with E-state index in [-0.39, 0.29) is 12.2 Å². The molecular weight excluding hydrogens is 226 g/mol. The van der Waals surface area contributed by atoms with Gasteiger partial charge in [-0.05, 0) is 11.6 Å². The van der Waals surface area contributed by atoms with Gasteiger partial charge in [0, 0.05) is 12.1 Å². The molecule has 18 heavy (non-hydrogen) atoms. The molecule has 1 aliphatic heterocycles. The molecule has 2 aromatic carbocycles. The molecule has 0 bridgehead atoms. The maximum Gasteiger partial charge on any atom is 0.340 e. The molecule has 3 nitrogen and oxygen atoms in total. The van der Waals surface area contributed by atoms with Gasteiger partial charge in [-0.3, -0.25) is 5.32 Å². The van der Waals surface area contributed by atoms with Crippen LogP contribution in [0.25, 0.3) is 0 Å². The lowest BCUT2D eigenvalue weighted by Crippen LogP contribution is -2.20. The van der Waals surface area contributed by atoms with Crippen LogP contribution >= 0.6 is 0 Å². The van der Waals surface area contributed by atoms with Crippen molar-refractivity contribution >= 4 is 5.97 Å². The number of carbonyl (C=O) groups excluding carboxylic acids is 1. The van der Waals surface area contributed by atoms with Crippen LogP contribution in [0.1, 0.15) is 27.7 Å². The van der Waals surface area contributed by atoms with Gasteiger partial charge < -0.3 is 4.74 Å². The fraction of sp³-hybridized carbons (Fsp3) is 0.133. The Labute approximate surface area is 105 Å². The number of benzene rings is 2. The Morgan fingerprint density at radius 3 is 2.56 bits per heavy atom. The van der Waals surface area contributed by atoms with Gasteiger partial charge in [0.2, 0.25) is 0 Å². The van der Waals surface area contributed by atoms with Crippen molar-refractivity contribution in [2.24, 2.45) is 0 Å². The Morgan fingerprint density at radius 2 is 1.72 bits per heavy atom. The second-order valence-corrected chi connectivity index (χ2v) is 4.24. The quantitative estimate of drug-likeness (QED) is 0.837. The third kappa shape index (κ3) is 2.00. The van der Waals surface area contributed by atoms with E-state index in [9.17, 15) is 4.79 Å². The van der Waals surface area contributed by atoms with Gasteiger partial charge in [-0.2, -0.15) is 0 Å². The second-order valence-electron chi connectivity index (χ2n) is 4.24. The summed E-state index contributed by atoms with van der Waals surface area (Å²) in [6.07, 6.45) is -0.339. The summed E-state index contributed by atoms with van der Waals surface area (Å²) in [7, 11) is 0. The summed E-state index contributed by atoms with van der Waals surface area (Å²) in [4.78, 5) is 11.6. The average Bonchev–Trinajstić information content (AvgIpc) is 2.75. The fourth-order valence-corrected chi connectivity index (χ4v) is 2.10. The van der Waals surface area contributed by atoms with E-state index < -0.39 is 0 Å². The number of fused-ring (bicyclic) bond motifs is 1. The van der Waals surface area contributed by atoms with Crippen LogP contribution in [-0.4, -0.2) is 5.97 Å². The third-order valence-corrected chi connectivity index (χ3v) is 3.02. The van der Waals surface area contributed by atoms with Crippen LogP contribution in [-0.2, 0) is 11.3 Å². The molecule has 90 valence electrons. The first-order valence-corrected chi connectivity index (χ1v) is 5.92. The molecule has 0 unspecified atom stereocenters. The molecule has 3 rings (SSSR count). The largest absolute Gasteiger partial charge is 0.439 e. The molecule has 3 heteroatoms. The zero-order valence-corrected chi connectivity index (χ0v) is 9.80. The number of cyclic esters (lactones) is 1. The van der Waals surface area contributed by atoms with Crippen LogP contribution in [0.4, 0.5) is 0 Å². The fourth-order valence-electron chi connectivity index (χ4n) is 2.10. The van der Waals surface area contributed by atoms with E-state index in [4.69, 9.17) is 4.74 Å². The lowest BCUT2D eigenvalue weighted by atomic mass is 10.1. The van der Waals surface area contributed by atoms with Crippen LogP contribution in [0.3, 0.4) is 0 Å². The van der Waals surface area contributed by atoms with Crippen molar-refractivity contribution in [2.45, 2.75) is 12.8 Å². The molecule has 1 aliphatic rings. The Bertz CT molecular complexity index is 566. The predicted octanol–water partition coefficient (Wildman–Crippen LogP) is 2.65. The monoisotopic (exact) mass is 239 g/mol. The molecule has 0 aliphatic carbocycles. The number of ether oxygens (including phenoxy) is 1. The zero-order valence-electron chi connectivity index (χ0n) is 9.80. The number of hydrogen-bond donors (Lipinski definition) is 1. The number of rotatable bonds is 3. The van der Waals surface area contributed by atoms with Gasteiger partial charge >= 0.3 is 5.97 Å². The molecule has 2 aromatic rings. The predicted molar refractivity (Wildman–Crippen MR) is 67.9 cm³/mol. The van der Waals surface area contributed by atoms with E-state index in [1.165, 1.54) is 0 Å². The molecule has 1 atom stereocenters. The first-order chi connectivity index (χ1) is 8.84. The van der Waals surface area contributed by atoms with Crippen LogP contribution in [0.2, 0.25) is 0 Å². The molecule has 0 fully saturated rings. The van der Waals surface area contributed by atoms with Crippen molar-refractivity contribution in [3.05, 3.63) is 71.3 Å². The Morgan fingerprint density at radius 1 is 1.00 bits per heavy atom. The van der Waals surface area contributed by atoms with E-state index in [1.54, 1.807) is 6.07 Å². The number of esters is 1. The molecule has 1 heterocycles. The standard InChI is InChI=1S/C15H13NO2/c17-15-13-9-5-4-8-12(13)14(18-15)16-10-11-6-2-1-3-7-11/h1-9,14,16H,10H2/t14-/m1/s1. The average molecular weight is 239 g/mol. The van der Waals surface area contributed by atoms with Gasteiger partial charge in [-0.25, -0.2) is 4.79 Å². The first-order valence-electron chi connectivity index (χ1n) is 5.92. The normalized spacial score (nSPS) is 17.3. The number of carbonyl (C=O) groups is 1. The smallest absolute Gasteiger partial charge is 0.340 e. The highest BCUT2D eigenvalue weighted by Crippen LogP contribution is 2.28. The summed E-state index contributed by atoms with van der Waals surface area (Å²) >= 11 is 0. The van der Waals surface area contributed by atoms with E-state index in [0.717, 1.165) is 11.1 Å². The maximum absolute atomic E-state index is 11.6. The minimum absolute atomic E-state index is 0.254. The molecule has 0 spiro atoms. The van der Waals surface area contributed by atoms with Crippen molar-refractivity contribution in [1.29, 1.82) is 0 Å². The molecule has 0 saturated carbocycles. The van der Waals surface area contributed by atoms with Crippen molar-refractivity contribution in [3.8, 4) is 0 Å². The van der Waals surface area contributed by atoms with Gasteiger partial charge in [0.1, 0.15) is 0 Å². The Kier molecular flexibility index (Phi) is 2.82. The van der Waals surface area contributed by atoms with Crippen molar-refractivity contribution in [2.75, 3.05) is 0 Å². The highest BCUT2D eigenvalue weighted by molar-refractivity contribution is 5.93. The molecular formula is C15H13NO2. The summed E-state index contributed by atoms with van der Waals surface area (Å²) < 4.78 is 5.30. The van der Waals surface area contributed by atoms with Crippen molar-refractivity contribution in [3.63, 3.8) is 0 Å². The summed E-state index contributed by atoms with van der Waals surface area (Å²) in [5, 5.41) is 3.24. The van der Waals surface area contributed by atoms with Crippen molar-refractivity contribution in [1.82, 2.24) is 5.32 Å². The number of nitrogens with one attached hydrogen (secondary N) is 1. The van der Waals surface area contributed by atoms with Gasteiger partial charge in [0.25, 0.3) is 0 Å². The van der Waals surface area contributed by atoms with E-state index in [2.05, 4.69) is 5.32 Å². The highest BCUT2D eigenvalue weighted by Gasteiger charge is 2.29. The highest BCUT2D eigenvalue weighted by atomic mass is 16.6. The molecule has 1 N–H and O–H groups in total. The van der Waals surface area contributed by atoms with Crippen molar-refractivity contribution < 1.29 is 9.53 Å². The molecule has 0 amide bonds. The van der Waals surface area contributed by atoms with Gasteiger partial charge in [0.05, 0.1) is 5.56 Å². The lowest BCUT2D eigenvalue weighted by Gasteiger charge is -2.12. The topological polar surface area (TPSA) is 38.3 Å². The SMILES string of the molecule is O=C1O[C@@H](NCc2ccccc2)c2ccccc21. The minimum atomic E-state index is -0.339. The third-order valence-electron chi connectivity index (χ3n) is 3.02. The summed E-state index contributed by atoms with van der Waals surface area (Å²) in [5.74, 6) is -0.254. The molecule has 0 radical (unpaired) electrons. The Hall–Kier alpha value is -2.13. The maximum atomic E-state index is 11.6. The van der Waals surface area contributed by atoms with E-state index in [0.29, 0.717) is 12.1 Å². The van der Waals surface area contributed by atoms with Crippen LogP contribution in [0.5, 0.6) is 0 Å². The molecule has 0 aromatic heterocycles. The summed E-state index contributed by atoms with van der Waals surface area (Å²) in [5.41, 5.74) is 2.74. The Balaban J connectivity index is 1.74. The van der Waals surface area contributed by atoms with Crippen LogP contribution in [0.15, 0.2) is 54.6 Å². The van der Waals surface area contributed by atoms with E-state index >= 15 is 0 Å². The lowest BCUT2D eigenvalue weighted by molar-refractivity contribution is 0.0303. The van der Waals surface area contributed by atoms with Crippen LogP contribution < -0.4 is 5.32 Å². The zero-order chi connectivity index (χ0) is 12.4. The summed E-state index contributed by atoms with van der Waals surface area (Å²) in [6.45, 7) is 0.674.